The van der Waals surface area contributed by atoms with Crippen molar-refractivity contribution in [3.63, 3.8) is 0 Å². The van der Waals surface area contributed by atoms with Crippen molar-refractivity contribution in [2.75, 3.05) is 49.6 Å². The lowest BCUT2D eigenvalue weighted by molar-refractivity contribution is 0.272. The van der Waals surface area contributed by atoms with Crippen LogP contribution in [0.15, 0.2) is 6.20 Å². The van der Waals surface area contributed by atoms with Crippen molar-refractivity contribution in [3.05, 3.63) is 11.8 Å². The van der Waals surface area contributed by atoms with Gasteiger partial charge in [0.2, 0.25) is 0 Å². The summed E-state index contributed by atoms with van der Waals surface area (Å²) in [5.74, 6) is 0.705. The zero-order valence-corrected chi connectivity index (χ0v) is 15.5. The zero-order chi connectivity index (χ0) is 16.6. The summed E-state index contributed by atoms with van der Waals surface area (Å²) in [5, 5.41) is 1.07. The van der Waals surface area contributed by atoms with Crippen LogP contribution >= 0.6 is 11.3 Å². The molecule has 0 bridgehead atoms. The van der Waals surface area contributed by atoms with Crippen molar-refractivity contribution in [3.8, 4) is 0 Å². The molecule has 3 heterocycles. The molecule has 0 radical (unpaired) electrons. The zero-order valence-electron chi connectivity index (χ0n) is 13.9. The van der Waals surface area contributed by atoms with E-state index in [1.807, 2.05) is 0 Å². The second kappa shape index (κ2) is 6.41. The molecule has 2 aromatic rings. The second-order valence-electron chi connectivity index (χ2n) is 6.53. The van der Waals surface area contributed by atoms with E-state index >= 15 is 0 Å². The first-order valence-electron chi connectivity index (χ1n) is 7.96. The molecule has 1 aliphatic heterocycles. The topological polar surface area (TPSA) is 69.3 Å². The van der Waals surface area contributed by atoms with Gasteiger partial charge in [0.05, 0.1) is 5.75 Å². The van der Waals surface area contributed by atoms with Gasteiger partial charge in [-0.3, -0.25) is 4.90 Å². The summed E-state index contributed by atoms with van der Waals surface area (Å²) in [7, 11) is -2.88. The summed E-state index contributed by atoms with van der Waals surface area (Å²) in [4.78, 5) is 13.8. The summed E-state index contributed by atoms with van der Waals surface area (Å²) in [6.45, 7) is 8.57. The summed E-state index contributed by atoms with van der Waals surface area (Å²) in [6, 6.07) is 0. The highest BCUT2D eigenvalue weighted by molar-refractivity contribution is 7.90. The monoisotopic (exact) mass is 356 g/mol. The summed E-state index contributed by atoms with van der Waals surface area (Å²) in [5.41, 5.74) is 2.37. The van der Waals surface area contributed by atoms with E-state index < -0.39 is 9.84 Å². The Morgan fingerprint density at radius 3 is 2.61 bits per heavy atom. The Labute approximate surface area is 141 Å². The lowest BCUT2D eigenvalue weighted by Crippen LogP contribution is -2.47. The largest absolute Gasteiger partial charge is 0.351 e. The van der Waals surface area contributed by atoms with Crippen molar-refractivity contribution >= 4 is 36.7 Å². The summed E-state index contributed by atoms with van der Waals surface area (Å²) < 4.78 is 22.5. The number of rotatable bonds is 5. The Balaban J connectivity index is 1.63. The molecule has 1 aliphatic rings. The van der Waals surface area contributed by atoms with Crippen molar-refractivity contribution in [1.82, 2.24) is 14.9 Å². The number of sulfone groups is 1. The maximum atomic E-state index is 11.3. The molecule has 1 N–H and O–H groups in total. The molecule has 0 saturated carbocycles. The molecule has 2 aromatic heterocycles. The minimum atomic E-state index is -2.88. The Morgan fingerprint density at radius 1 is 1.30 bits per heavy atom. The molecule has 8 heteroatoms. The van der Waals surface area contributed by atoms with Crippen LogP contribution in [0.1, 0.15) is 25.3 Å². The van der Waals surface area contributed by atoms with Crippen LogP contribution in [0, 0.1) is 0 Å². The number of aromatic amines is 1. The molecular weight excluding hydrogens is 332 g/mol. The van der Waals surface area contributed by atoms with Crippen LogP contribution in [-0.2, 0) is 9.84 Å². The predicted molar refractivity (Wildman–Crippen MR) is 96.4 cm³/mol. The average Bonchev–Trinajstić information content (AvgIpc) is 3.04. The summed E-state index contributed by atoms with van der Waals surface area (Å²) >= 11 is 1.71. The van der Waals surface area contributed by atoms with Gasteiger partial charge in [-0.05, 0) is 11.5 Å². The van der Waals surface area contributed by atoms with Gasteiger partial charge >= 0.3 is 0 Å². The predicted octanol–water partition coefficient (Wildman–Crippen LogP) is 1.91. The molecule has 1 saturated heterocycles. The van der Waals surface area contributed by atoms with Gasteiger partial charge in [-0.1, -0.05) is 25.2 Å². The molecule has 0 atom stereocenters. The number of piperazine rings is 1. The SMILES string of the molecule is CC(C)c1c[nH]c2sc(N3CCN(CCS(C)(=O)=O)CC3)nc12. The van der Waals surface area contributed by atoms with E-state index in [-0.39, 0.29) is 5.75 Å². The van der Waals surface area contributed by atoms with Gasteiger partial charge in [0.15, 0.2) is 5.13 Å². The minimum absolute atomic E-state index is 0.241. The highest BCUT2D eigenvalue weighted by atomic mass is 32.2. The van der Waals surface area contributed by atoms with Crippen molar-refractivity contribution in [2.45, 2.75) is 19.8 Å². The van der Waals surface area contributed by atoms with E-state index in [4.69, 9.17) is 4.98 Å². The van der Waals surface area contributed by atoms with Crippen LogP contribution in [0.25, 0.3) is 10.3 Å². The first kappa shape index (κ1) is 16.7. The number of hydrogen-bond donors (Lipinski definition) is 1. The minimum Gasteiger partial charge on any atom is -0.351 e. The molecule has 3 rings (SSSR count). The highest BCUT2D eigenvalue weighted by Crippen LogP contribution is 2.33. The molecule has 6 nitrogen and oxygen atoms in total. The van der Waals surface area contributed by atoms with E-state index in [0.717, 1.165) is 41.7 Å². The van der Waals surface area contributed by atoms with Gasteiger partial charge in [-0.2, -0.15) is 0 Å². The van der Waals surface area contributed by atoms with Crippen LogP contribution in [-0.4, -0.2) is 68.0 Å². The smallest absolute Gasteiger partial charge is 0.187 e. The molecule has 128 valence electrons. The fourth-order valence-corrected chi connectivity index (χ4v) is 4.45. The lowest BCUT2D eigenvalue weighted by Gasteiger charge is -2.34. The van der Waals surface area contributed by atoms with Gasteiger partial charge in [0.1, 0.15) is 20.2 Å². The third kappa shape index (κ3) is 3.87. The van der Waals surface area contributed by atoms with Crippen LogP contribution in [0.5, 0.6) is 0 Å². The first-order valence-corrected chi connectivity index (χ1v) is 10.8. The van der Waals surface area contributed by atoms with Crippen LogP contribution in [0.4, 0.5) is 5.13 Å². The number of anilines is 1. The Morgan fingerprint density at radius 2 is 2.00 bits per heavy atom. The lowest BCUT2D eigenvalue weighted by atomic mass is 10.1. The molecular formula is C15H24N4O2S2. The van der Waals surface area contributed by atoms with Crippen LogP contribution < -0.4 is 4.90 Å². The van der Waals surface area contributed by atoms with Gasteiger partial charge in [0.25, 0.3) is 0 Å². The molecule has 1 fully saturated rings. The fourth-order valence-electron chi connectivity index (χ4n) is 2.85. The van der Waals surface area contributed by atoms with Gasteiger partial charge in [-0.25, -0.2) is 13.4 Å². The molecule has 0 aliphatic carbocycles. The van der Waals surface area contributed by atoms with E-state index in [0.29, 0.717) is 12.5 Å². The molecule has 0 amide bonds. The fraction of sp³-hybridized carbons (Fsp3) is 0.667. The number of hydrogen-bond acceptors (Lipinski definition) is 6. The van der Waals surface area contributed by atoms with Crippen molar-refractivity contribution in [1.29, 1.82) is 0 Å². The maximum Gasteiger partial charge on any atom is 0.187 e. The third-order valence-corrected chi connectivity index (χ3v) is 6.26. The first-order chi connectivity index (χ1) is 10.8. The quantitative estimate of drug-likeness (QED) is 0.886. The number of H-pyrrole nitrogens is 1. The Hall–Kier alpha value is -1.12. The Bertz CT molecular complexity index is 771. The standard InChI is InChI=1S/C15H24N4O2S2/c1-11(2)12-10-16-14-13(12)17-15(22-14)19-6-4-18(5-7-19)8-9-23(3,20)21/h10-11,16H,4-9H2,1-3H3. The van der Waals surface area contributed by atoms with E-state index in [1.165, 1.54) is 11.8 Å². The van der Waals surface area contributed by atoms with Crippen LogP contribution in [0.2, 0.25) is 0 Å². The van der Waals surface area contributed by atoms with E-state index in [9.17, 15) is 8.42 Å². The van der Waals surface area contributed by atoms with Crippen LogP contribution in [0.3, 0.4) is 0 Å². The number of aromatic nitrogens is 2. The van der Waals surface area contributed by atoms with Gasteiger partial charge < -0.3 is 9.88 Å². The molecule has 23 heavy (non-hydrogen) atoms. The van der Waals surface area contributed by atoms with E-state index in [2.05, 4.69) is 34.8 Å². The van der Waals surface area contributed by atoms with Crippen molar-refractivity contribution in [2.24, 2.45) is 0 Å². The van der Waals surface area contributed by atoms with Gasteiger partial charge in [-0.15, -0.1) is 0 Å². The number of thiazole rings is 1. The molecule has 0 unspecified atom stereocenters. The Kier molecular flexibility index (Phi) is 4.66. The average molecular weight is 357 g/mol. The number of fused-ring (bicyclic) bond motifs is 1. The third-order valence-electron chi connectivity index (χ3n) is 4.29. The van der Waals surface area contributed by atoms with Gasteiger partial charge in [0, 0.05) is 45.2 Å². The normalized spacial score (nSPS) is 17.5. The van der Waals surface area contributed by atoms with Crippen molar-refractivity contribution < 1.29 is 8.42 Å². The number of nitrogens with one attached hydrogen (secondary N) is 1. The van der Waals surface area contributed by atoms with E-state index in [1.54, 1.807) is 11.3 Å². The second-order valence-corrected chi connectivity index (χ2v) is 9.77. The highest BCUT2D eigenvalue weighted by Gasteiger charge is 2.22. The molecule has 0 aromatic carbocycles. The number of nitrogens with zero attached hydrogens (tertiary/aromatic N) is 3. The maximum absolute atomic E-state index is 11.3. The summed E-state index contributed by atoms with van der Waals surface area (Å²) in [6.07, 6.45) is 3.36. The molecule has 0 spiro atoms.